The standard InChI is InChI=1S/C20H19N3OS/c1-3-14-8-6-7-13(2)17(14)21-19-18(15-9-4-5-10-16(15)24)22-20-23(19)11-12-25-20/h4-12,21,24H,3H2,1-2H3. The molecule has 2 aromatic heterocycles. The summed E-state index contributed by atoms with van der Waals surface area (Å²) in [6, 6.07) is 13.6. The van der Waals surface area contributed by atoms with Gasteiger partial charge in [0, 0.05) is 22.8 Å². The minimum Gasteiger partial charge on any atom is -0.507 e. The van der Waals surface area contributed by atoms with Crippen LogP contribution in [-0.2, 0) is 6.42 Å². The van der Waals surface area contributed by atoms with Gasteiger partial charge in [0.25, 0.3) is 0 Å². The zero-order chi connectivity index (χ0) is 17.4. The maximum atomic E-state index is 10.3. The van der Waals surface area contributed by atoms with E-state index in [4.69, 9.17) is 4.98 Å². The zero-order valence-corrected chi connectivity index (χ0v) is 15.0. The van der Waals surface area contributed by atoms with Gasteiger partial charge in [-0.15, -0.1) is 11.3 Å². The zero-order valence-electron chi connectivity index (χ0n) is 14.2. The molecule has 0 bridgehead atoms. The van der Waals surface area contributed by atoms with Gasteiger partial charge in [-0.1, -0.05) is 37.3 Å². The van der Waals surface area contributed by atoms with Gasteiger partial charge in [0.15, 0.2) is 4.96 Å². The number of anilines is 2. The van der Waals surface area contributed by atoms with E-state index in [1.54, 1.807) is 17.4 Å². The highest BCUT2D eigenvalue weighted by Gasteiger charge is 2.19. The van der Waals surface area contributed by atoms with E-state index >= 15 is 0 Å². The van der Waals surface area contributed by atoms with Crippen molar-refractivity contribution in [2.24, 2.45) is 0 Å². The molecule has 0 saturated heterocycles. The van der Waals surface area contributed by atoms with Crippen LogP contribution in [0.25, 0.3) is 16.2 Å². The van der Waals surface area contributed by atoms with E-state index in [0.29, 0.717) is 0 Å². The van der Waals surface area contributed by atoms with E-state index < -0.39 is 0 Å². The average molecular weight is 349 g/mol. The summed E-state index contributed by atoms with van der Waals surface area (Å²) in [6.07, 6.45) is 2.95. The van der Waals surface area contributed by atoms with Crippen LogP contribution in [0, 0.1) is 6.92 Å². The van der Waals surface area contributed by atoms with Gasteiger partial charge in [-0.25, -0.2) is 4.98 Å². The number of benzene rings is 2. The summed E-state index contributed by atoms with van der Waals surface area (Å²) in [5, 5.41) is 15.9. The van der Waals surface area contributed by atoms with Gasteiger partial charge in [0.05, 0.1) is 0 Å². The molecule has 4 aromatic rings. The number of hydrogen-bond acceptors (Lipinski definition) is 4. The van der Waals surface area contributed by atoms with Crippen molar-refractivity contribution in [1.82, 2.24) is 9.38 Å². The first kappa shape index (κ1) is 15.7. The first-order valence-corrected chi connectivity index (χ1v) is 9.16. The number of fused-ring (bicyclic) bond motifs is 1. The number of rotatable bonds is 4. The molecule has 2 aromatic carbocycles. The number of para-hydroxylation sites is 2. The Kier molecular flexibility index (Phi) is 3.93. The van der Waals surface area contributed by atoms with E-state index in [1.807, 2.05) is 34.2 Å². The van der Waals surface area contributed by atoms with Crippen LogP contribution >= 0.6 is 11.3 Å². The highest BCUT2D eigenvalue weighted by Crippen LogP contribution is 2.38. The SMILES string of the molecule is CCc1cccc(C)c1Nc1c(-c2ccccc2O)nc2sccn12. The Hall–Kier alpha value is -2.79. The molecule has 0 aliphatic rings. The van der Waals surface area contributed by atoms with Crippen LogP contribution in [0.1, 0.15) is 18.1 Å². The van der Waals surface area contributed by atoms with E-state index in [1.165, 1.54) is 11.1 Å². The predicted molar refractivity (Wildman–Crippen MR) is 104 cm³/mol. The largest absolute Gasteiger partial charge is 0.507 e. The van der Waals surface area contributed by atoms with Crippen molar-refractivity contribution in [3.63, 3.8) is 0 Å². The van der Waals surface area contributed by atoms with E-state index in [9.17, 15) is 5.11 Å². The number of aromatic nitrogens is 2. The van der Waals surface area contributed by atoms with Crippen molar-refractivity contribution in [2.75, 3.05) is 5.32 Å². The van der Waals surface area contributed by atoms with E-state index in [2.05, 4.69) is 37.4 Å². The summed E-state index contributed by atoms with van der Waals surface area (Å²) in [5.41, 5.74) is 5.04. The number of imidazole rings is 1. The topological polar surface area (TPSA) is 49.6 Å². The van der Waals surface area contributed by atoms with Crippen molar-refractivity contribution in [3.05, 3.63) is 65.2 Å². The Morgan fingerprint density at radius 3 is 2.80 bits per heavy atom. The normalized spacial score (nSPS) is 11.1. The minimum atomic E-state index is 0.233. The van der Waals surface area contributed by atoms with Gasteiger partial charge in [-0.3, -0.25) is 4.40 Å². The van der Waals surface area contributed by atoms with Crippen LogP contribution < -0.4 is 5.32 Å². The molecule has 0 aliphatic heterocycles. The van der Waals surface area contributed by atoms with E-state index in [-0.39, 0.29) is 5.75 Å². The number of phenolic OH excluding ortho intramolecular Hbond substituents is 1. The third-order valence-electron chi connectivity index (χ3n) is 4.40. The quantitative estimate of drug-likeness (QED) is 0.520. The van der Waals surface area contributed by atoms with Crippen LogP contribution in [0.3, 0.4) is 0 Å². The maximum Gasteiger partial charge on any atom is 0.195 e. The number of phenols is 1. The van der Waals surface area contributed by atoms with Crippen molar-refractivity contribution < 1.29 is 5.11 Å². The smallest absolute Gasteiger partial charge is 0.195 e. The average Bonchev–Trinajstić information content (AvgIpc) is 3.19. The number of nitrogens with one attached hydrogen (secondary N) is 1. The number of aryl methyl sites for hydroxylation is 2. The number of aromatic hydroxyl groups is 1. The second kappa shape index (κ2) is 6.26. The second-order valence-corrected chi connectivity index (χ2v) is 6.84. The van der Waals surface area contributed by atoms with Gasteiger partial charge < -0.3 is 10.4 Å². The molecule has 0 unspecified atom stereocenters. The molecule has 126 valence electrons. The first-order chi connectivity index (χ1) is 12.2. The van der Waals surface area contributed by atoms with Crippen LogP contribution in [-0.4, -0.2) is 14.5 Å². The molecule has 4 nitrogen and oxygen atoms in total. The van der Waals surface area contributed by atoms with Gasteiger partial charge in [0.1, 0.15) is 17.3 Å². The maximum absolute atomic E-state index is 10.3. The molecule has 2 N–H and O–H groups in total. The Morgan fingerprint density at radius 2 is 2.00 bits per heavy atom. The fourth-order valence-corrected chi connectivity index (χ4v) is 3.80. The van der Waals surface area contributed by atoms with E-state index in [0.717, 1.165) is 34.1 Å². The van der Waals surface area contributed by atoms with Crippen LogP contribution in [0.2, 0.25) is 0 Å². The Balaban J connectivity index is 1.92. The molecule has 2 heterocycles. The van der Waals surface area contributed by atoms with Crippen molar-refractivity contribution in [3.8, 4) is 17.0 Å². The van der Waals surface area contributed by atoms with Crippen molar-refractivity contribution in [1.29, 1.82) is 0 Å². The molecule has 0 aliphatic carbocycles. The van der Waals surface area contributed by atoms with Crippen LogP contribution in [0.5, 0.6) is 5.75 Å². The molecule has 5 heteroatoms. The van der Waals surface area contributed by atoms with Gasteiger partial charge in [-0.05, 0) is 36.6 Å². The fraction of sp³-hybridized carbons (Fsp3) is 0.150. The molecule has 0 saturated carbocycles. The van der Waals surface area contributed by atoms with Crippen molar-refractivity contribution in [2.45, 2.75) is 20.3 Å². The Morgan fingerprint density at radius 1 is 1.16 bits per heavy atom. The summed E-state index contributed by atoms with van der Waals surface area (Å²) >= 11 is 1.58. The minimum absolute atomic E-state index is 0.233. The van der Waals surface area contributed by atoms with Gasteiger partial charge in [-0.2, -0.15) is 0 Å². The second-order valence-electron chi connectivity index (χ2n) is 5.97. The molecule has 4 rings (SSSR count). The molecular formula is C20H19N3OS. The number of nitrogens with zero attached hydrogens (tertiary/aromatic N) is 2. The lowest BCUT2D eigenvalue weighted by atomic mass is 10.1. The Bertz CT molecular complexity index is 1050. The van der Waals surface area contributed by atoms with Crippen molar-refractivity contribution >= 4 is 27.8 Å². The molecule has 0 amide bonds. The molecule has 0 atom stereocenters. The lowest BCUT2D eigenvalue weighted by molar-refractivity contribution is 0.477. The van der Waals surface area contributed by atoms with Crippen LogP contribution in [0.15, 0.2) is 54.0 Å². The van der Waals surface area contributed by atoms with Gasteiger partial charge >= 0.3 is 0 Å². The Labute approximate surface area is 150 Å². The molecule has 0 radical (unpaired) electrons. The summed E-state index contributed by atoms with van der Waals surface area (Å²) < 4.78 is 2.04. The number of hydrogen-bond donors (Lipinski definition) is 2. The lowest BCUT2D eigenvalue weighted by Crippen LogP contribution is -2.01. The summed E-state index contributed by atoms with van der Waals surface area (Å²) in [4.78, 5) is 5.64. The highest BCUT2D eigenvalue weighted by molar-refractivity contribution is 7.15. The number of thiazole rings is 1. The lowest BCUT2D eigenvalue weighted by Gasteiger charge is -2.15. The third kappa shape index (κ3) is 2.66. The van der Waals surface area contributed by atoms with Crippen LogP contribution in [0.4, 0.5) is 11.5 Å². The summed E-state index contributed by atoms with van der Waals surface area (Å²) in [6.45, 7) is 4.26. The predicted octanol–water partition coefficient (Wildman–Crippen LogP) is 5.38. The summed E-state index contributed by atoms with van der Waals surface area (Å²) in [7, 11) is 0. The highest BCUT2D eigenvalue weighted by atomic mass is 32.1. The molecule has 25 heavy (non-hydrogen) atoms. The molecule has 0 fully saturated rings. The summed E-state index contributed by atoms with van der Waals surface area (Å²) in [5.74, 6) is 1.11. The monoisotopic (exact) mass is 349 g/mol. The third-order valence-corrected chi connectivity index (χ3v) is 5.16. The fourth-order valence-electron chi connectivity index (χ4n) is 3.09. The first-order valence-electron chi connectivity index (χ1n) is 8.28. The van der Waals surface area contributed by atoms with Gasteiger partial charge in [0.2, 0.25) is 0 Å². The molecular weight excluding hydrogens is 330 g/mol. The molecule has 0 spiro atoms.